The van der Waals surface area contributed by atoms with E-state index in [0.29, 0.717) is 0 Å². The van der Waals surface area contributed by atoms with Gasteiger partial charge >= 0.3 is 0 Å². The average Bonchev–Trinajstić information content (AvgIpc) is 2.06. The van der Waals surface area contributed by atoms with Crippen molar-refractivity contribution in [1.29, 1.82) is 0 Å². The van der Waals surface area contributed by atoms with Crippen LogP contribution in [0, 0.1) is 0 Å². The van der Waals surface area contributed by atoms with Crippen LogP contribution in [0.5, 0.6) is 0 Å². The van der Waals surface area contributed by atoms with Crippen LogP contribution >= 0.6 is 0 Å². The lowest BCUT2D eigenvalue weighted by atomic mass is 9.79. The standard InChI is InChI=1S/C11H17N/c1-9(12)11(2,3)10-7-5-4-6-8-10/h4-9H,12H2,1-3H3. The minimum absolute atomic E-state index is 0.0707. The van der Waals surface area contributed by atoms with E-state index in [-0.39, 0.29) is 11.5 Å². The zero-order chi connectivity index (χ0) is 9.19. The van der Waals surface area contributed by atoms with Crippen LogP contribution in [0.4, 0.5) is 0 Å². The molecule has 1 rings (SSSR count). The van der Waals surface area contributed by atoms with E-state index in [1.165, 1.54) is 5.56 Å². The number of benzene rings is 1. The first-order valence-corrected chi connectivity index (χ1v) is 4.36. The van der Waals surface area contributed by atoms with Crippen molar-refractivity contribution in [2.75, 3.05) is 0 Å². The molecule has 2 N–H and O–H groups in total. The van der Waals surface area contributed by atoms with Crippen LogP contribution in [0.15, 0.2) is 30.3 Å². The van der Waals surface area contributed by atoms with Crippen molar-refractivity contribution in [2.45, 2.75) is 32.2 Å². The van der Waals surface area contributed by atoms with Gasteiger partial charge in [-0.05, 0) is 12.5 Å². The van der Waals surface area contributed by atoms with Gasteiger partial charge in [-0.3, -0.25) is 0 Å². The molecule has 1 heteroatoms. The van der Waals surface area contributed by atoms with Crippen LogP contribution in [0.2, 0.25) is 0 Å². The summed E-state index contributed by atoms with van der Waals surface area (Å²) in [6.45, 7) is 6.40. The molecule has 66 valence electrons. The molecule has 1 unspecified atom stereocenters. The van der Waals surface area contributed by atoms with E-state index in [4.69, 9.17) is 5.73 Å². The van der Waals surface area contributed by atoms with E-state index in [2.05, 4.69) is 38.1 Å². The topological polar surface area (TPSA) is 26.0 Å². The van der Waals surface area contributed by atoms with Gasteiger partial charge in [0.25, 0.3) is 0 Å². The Morgan fingerprint density at radius 2 is 1.67 bits per heavy atom. The Kier molecular flexibility index (Phi) is 2.53. The first-order valence-electron chi connectivity index (χ1n) is 4.36. The number of rotatable bonds is 2. The van der Waals surface area contributed by atoms with Gasteiger partial charge in [-0.1, -0.05) is 44.2 Å². The van der Waals surface area contributed by atoms with E-state index < -0.39 is 0 Å². The smallest absolute Gasteiger partial charge is 0.0102 e. The summed E-state index contributed by atoms with van der Waals surface area (Å²) in [5.74, 6) is 0. The Balaban J connectivity index is 2.98. The maximum absolute atomic E-state index is 5.90. The lowest BCUT2D eigenvalue weighted by molar-refractivity contribution is 0.434. The molecule has 1 aromatic rings. The van der Waals surface area contributed by atoms with Crippen molar-refractivity contribution in [3.8, 4) is 0 Å². The highest BCUT2D eigenvalue weighted by Gasteiger charge is 2.24. The molecule has 0 aliphatic carbocycles. The van der Waals surface area contributed by atoms with Crippen LogP contribution < -0.4 is 5.73 Å². The second kappa shape index (κ2) is 3.28. The third-order valence-corrected chi connectivity index (χ3v) is 2.66. The highest BCUT2D eigenvalue weighted by molar-refractivity contribution is 5.25. The fourth-order valence-corrected chi connectivity index (χ4v) is 1.13. The van der Waals surface area contributed by atoms with Gasteiger partial charge in [0.1, 0.15) is 0 Å². The number of nitrogens with two attached hydrogens (primary N) is 1. The van der Waals surface area contributed by atoms with Gasteiger partial charge in [0.2, 0.25) is 0 Å². The molecule has 0 amide bonds. The molecule has 0 aliphatic rings. The van der Waals surface area contributed by atoms with Gasteiger partial charge in [-0.25, -0.2) is 0 Å². The van der Waals surface area contributed by atoms with Crippen molar-refractivity contribution in [3.05, 3.63) is 35.9 Å². The second-order valence-electron chi connectivity index (χ2n) is 3.88. The fraction of sp³-hybridized carbons (Fsp3) is 0.455. The van der Waals surface area contributed by atoms with Crippen LogP contribution in [-0.2, 0) is 5.41 Å². The van der Waals surface area contributed by atoms with Crippen molar-refractivity contribution in [3.63, 3.8) is 0 Å². The molecule has 1 atom stereocenters. The largest absolute Gasteiger partial charge is 0.327 e. The Morgan fingerprint density at radius 3 is 2.08 bits per heavy atom. The summed E-state index contributed by atoms with van der Waals surface area (Å²) < 4.78 is 0. The quantitative estimate of drug-likeness (QED) is 0.711. The maximum atomic E-state index is 5.90. The lowest BCUT2D eigenvalue weighted by Gasteiger charge is -2.29. The molecule has 0 radical (unpaired) electrons. The molecule has 0 aliphatic heterocycles. The molecule has 1 nitrogen and oxygen atoms in total. The highest BCUT2D eigenvalue weighted by atomic mass is 14.7. The van der Waals surface area contributed by atoms with Gasteiger partial charge < -0.3 is 5.73 Å². The predicted molar refractivity (Wildman–Crippen MR) is 53.1 cm³/mol. The normalized spacial score (nSPS) is 14.3. The van der Waals surface area contributed by atoms with Crippen LogP contribution in [0.1, 0.15) is 26.3 Å². The van der Waals surface area contributed by atoms with Crippen molar-refractivity contribution in [1.82, 2.24) is 0 Å². The van der Waals surface area contributed by atoms with Gasteiger partial charge in [0.05, 0.1) is 0 Å². The third-order valence-electron chi connectivity index (χ3n) is 2.66. The second-order valence-corrected chi connectivity index (χ2v) is 3.88. The van der Waals surface area contributed by atoms with Crippen molar-refractivity contribution in [2.24, 2.45) is 5.73 Å². The molecule has 0 fully saturated rings. The van der Waals surface area contributed by atoms with Gasteiger partial charge in [-0.15, -0.1) is 0 Å². The summed E-state index contributed by atoms with van der Waals surface area (Å²) in [5, 5.41) is 0. The van der Waals surface area contributed by atoms with Gasteiger partial charge in [0, 0.05) is 11.5 Å². The monoisotopic (exact) mass is 163 g/mol. The number of hydrogen-bond donors (Lipinski definition) is 1. The van der Waals surface area contributed by atoms with E-state index in [1.807, 2.05) is 13.0 Å². The summed E-state index contributed by atoms with van der Waals surface area (Å²) in [4.78, 5) is 0. The van der Waals surface area contributed by atoms with Crippen molar-refractivity contribution >= 4 is 0 Å². The SMILES string of the molecule is CC(N)C(C)(C)c1ccccc1. The van der Waals surface area contributed by atoms with Crippen LogP contribution in [-0.4, -0.2) is 6.04 Å². The summed E-state index contributed by atoms with van der Waals surface area (Å²) in [6, 6.07) is 10.6. The zero-order valence-electron chi connectivity index (χ0n) is 8.04. The Labute approximate surface area is 74.6 Å². The average molecular weight is 163 g/mol. The Bertz CT molecular complexity index is 236. The summed E-state index contributed by atoms with van der Waals surface area (Å²) in [5.41, 5.74) is 7.28. The lowest BCUT2D eigenvalue weighted by Crippen LogP contribution is -2.38. The van der Waals surface area contributed by atoms with Gasteiger partial charge in [-0.2, -0.15) is 0 Å². The van der Waals surface area contributed by atoms with E-state index in [1.54, 1.807) is 0 Å². The number of hydrogen-bond acceptors (Lipinski definition) is 1. The molecule has 0 spiro atoms. The highest BCUT2D eigenvalue weighted by Crippen LogP contribution is 2.25. The van der Waals surface area contributed by atoms with Crippen LogP contribution in [0.3, 0.4) is 0 Å². The molecular weight excluding hydrogens is 146 g/mol. The molecule has 0 aromatic heterocycles. The van der Waals surface area contributed by atoms with Crippen molar-refractivity contribution < 1.29 is 0 Å². The molecule has 0 saturated heterocycles. The molecule has 1 aromatic carbocycles. The minimum atomic E-state index is 0.0707. The summed E-state index contributed by atoms with van der Waals surface area (Å²) >= 11 is 0. The minimum Gasteiger partial charge on any atom is -0.327 e. The molecule has 0 heterocycles. The van der Waals surface area contributed by atoms with E-state index in [0.717, 1.165) is 0 Å². The predicted octanol–water partition coefficient (Wildman–Crippen LogP) is 2.31. The Hall–Kier alpha value is -0.820. The summed E-state index contributed by atoms with van der Waals surface area (Å²) in [6.07, 6.45) is 0. The third kappa shape index (κ3) is 1.67. The molecule has 0 saturated carbocycles. The maximum Gasteiger partial charge on any atom is 0.0102 e. The van der Waals surface area contributed by atoms with Gasteiger partial charge in [0.15, 0.2) is 0 Å². The Morgan fingerprint density at radius 1 is 1.17 bits per heavy atom. The molecule has 0 bridgehead atoms. The molecular formula is C11H17N. The van der Waals surface area contributed by atoms with E-state index in [9.17, 15) is 0 Å². The fourth-order valence-electron chi connectivity index (χ4n) is 1.13. The molecule has 12 heavy (non-hydrogen) atoms. The summed E-state index contributed by atoms with van der Waals surface area (Å²) in [7, 11) is 0. The zero-order valence-corrected chi connectivity index (χ0v) is 8.04. The first-order chi connectivity index (χ1) is 5.55. The first kappa shape index (κ1) is 9.27. The van der Waals surface area contributed by atoms with Crippen LogP contribution in [0.25, 0.3) is 0 Å². The van der Waals surface area contributed by atoms with E-state index >= 15 is 0 Å².